The van der Waals surface area contributed by atoms with Crippen LogP contribution in [-0.2, 0) is 14.3 Å². The molecule has 150 valence electrons. The minimum absolute atomic E-state index is 0.0138. The lowest BCUT2D eigenvalue weighted by Gasteiger charge is -2.38. The highest BCUT2D eigenvalue weighted by Crippen LogP contribution is 2.48. The van der Waals surface area contributed by atoms with E-state index in [0.29, 0.717) is 35.4 Å². The number of aliphatic imine (C=N–C) groups is 1. The Hall–Kier alpha value is -2.57. The molecule has 0 N–H and O–H groups in total. The monoisotopic (exact) mass is 391 g/mol. The van der Waals surface area contributed by atoms with Gasteiger partial charge in [-0.25, -0.2) is 0 Å². The van der Waals surface area contributed by atoms with E-state index in [2.05, 4.69) is 9.73 Å². The van der Waals surface area contributed by atoms with E-state index in [9.17, 15) is 18.4 Å². The molecule has 0 spiro atoms. The summed E-state index contributed by atoms with van der Waals surface area (Å²) >= 11 is 0. The van der Waals surface area contributed by atoms with Crippen molar-refractivity contribution in [2.24, 2.45) is 16.3 Å². The molecule has 3 rings (SSSR count). The molecule has 0 aromatic heterocycles. The van der Waals surface area contributed by atoms with E-state index in [1.165, 1.54) is 19.2 Å². The molecule has 1 aromatic carbocycles. The maximum Gasteiger partial charge on any atom is 0.387 e. The Kier molecular flexibility index (Phi) is 5.37. The van der Waals surface area contributed by atoms with Crippen molar-refractivity contribution in [2.75, 3.05) is 7.11 Å². The van der Waals surface area contributed by atoms with E-state index in [0.717, 1.165) is 0 Å². The number of ether oxygens (including phenoxy) is 2. The lowest BCUT2D eigenvalue weighted by atomic mass is 9.67. The van der Waals surface area contributed by atoms with Crippen molar-refractivity contribution >= 4 is 17.5 Å². The number of benzene rings is 1. The molecule has 7 heteroatoms. The quantitative estimate of drug-likeness (QED) is 0.719. The molecule has 0 radical (unpaired) electrons. The van der Waals surface area contributed by atoms with Crippen LogP contribution in [0.4, 0.5) is 8.78 Å². The highest BCUT2D eigenvalue weighted by atomic mass is 19.3. The fraction of sp³-hybridized carbons (Fsp3) is 0.476. The van der Waals surface area contributed by atoms with E-state index in [1.54, 1.807) is 19.1 Å². The van der Waals surface area contributed by atoms with Crippen molar-refractivity contribution in [1.82, 2.24) is 0 Å². The van der Waals surface area contributed by atoms with Crippen LogP contribution in [0.3, 0.4) is 0 Å². The number of methoxy groups -OCH3 is 1. The van der Waals surface area contributed by atoms with Crippen molar-refractivity contribution < 1.29 is 27.8 Å². The third-order valence-corrected chi connectivity index (χ3v) is 5.22. The molecule has 5 nitrogen and oxygen atoms in total. The molecule has 1 heterocycles. The number of halogens is 2. The molecule has 0 amide bonds. The molecular formula is C21H23F2NO4. The molecular weight excluding hydrogens is 368 g/mol. The van der Waals surface area contributed by atoms with Crippen molar-refractivity contribution in [3.05, 3.63) is 41.1 Å². The SMILES string of the molecule is COC(=O)C1C(C)=NC2=C(C(=O)CC(C)(C)C2)[C@H]1c1ccc(OC(F)F)cc1. The summed E-state index contributed by atoms with van der Waals surface area (Å²) in [5, 5.41) is 0. The fourth-order valence-electron chi connectivity index (χ4n) is 4.09. The molecule has 0 saturated heterocycles. The minimum Gasteiger partial charge on any atom is -0.468 e. The first-order valence-corrected chi connectivity index (χ1v) is 9.07. The van der Waals surface area contributed by atoms with E-state index in [-0.39, 0.29) is 16.9 Å². The Morgan fingerprint density at radius 1 is 1.21 bits per heavy atom. The van der Waals surface area contributed by atoms with Crippen molar-refractivity contribution in [3.8, 4) is 5.75 Å². The lowest BCUT2D eigenvalue weighted by Crippen LogP contribution is -2.39. The number of Topliss-reactive ketones (excluding diaryl/α,β-unsaturated/α-hetero) is 1. The summed E-state index contributed by atoms with van der Waals surface area (Å²) in [7, 11) is 1.29. The summed E-state index contributed by atoms with van der Waals surface area (Å²) in [6.45, 7) is 2.85. The van der Waals surface area contributed by atoms with Gasteiger partial charge in [-0.3, -0.25) is 14.6 Å². The minimum atomic E-state index is -2.92. The Morgan fingerprint density at radius 3 is 2.43 bits per heavy atom. The van der Waals surface area contributed by atoms with Gasteiger partial charge in [0, 0.05) is 29.3 Å². The Labute approximate surface area is 162 Å². The molecule has 1 aliphatic heterocycles. The summed E-state index contributed by atoms with van der Waals surface area (Å²) in [6, 6.07) is 6.03. The summed E-state index contributed by atoms with van der Waals surface area (Å²) in [5.41, 5.74) is 2.23. The van der Waals surface area contributed by atoms with Crippen LogP contribution in [0.1, 0.15) is 45.1 Å². The van der Waals surface area contributed by atoms with Gasteiger partial charge in [-0.1, -0.05) is 26.0 Å². The summed E-state index contributed by atoms with van der Waals surface area (Å²) in [5.74, 6) is -1.82. The zero-order valence-electron chi connectivity index (χ0n) is 16.3. The summed E-state index contributed by atoms with van der Waals surface area (Å²) in [4.78, 5) is 30.1. The standard InChI is InChI=1S/C21H23F2NO4/c1-11-16(19(26)27-4)17(12-5-7-13(8-6-12)28-20(22)23)18-14(24-11)9-21(2,3)10-15(18)25/h5-8,16-17,20H,9-10H2,1-4H3/t16?,17-/m0/s1. The number of carbonyl (C=O) groups is 2. The van der Waals surface area contributed by atoms with Crippen LogP contribution in [-0.4, -0.2) is 31.2 Å². The molecule has 0 bridgehead atoms. The van der Waals surface area contributed by atoms with Gasteiger partial charge in [0.1, 0.15) is 11.7 Å². The van der Waals surface area contributed by atoms with Gasteiger partial charge >= 0.3 is 12.6 Å². The molecule has 0 fully saturated rings. The third kappa shape index (κ3) is 3.84. The normalized spacial score (nSPS) is 24.0. The first-order valence-electron chi connectivity index (χ1n) is 9.07. The van der Waals surface area contributed by atoms with E-state index >= 15 is 0 Å². The Balaban J connectivity index is 2.10. The van der Waals surface area contributed by atoms with Crippen LogP contribution in [0.25, 0.3) is 0 Å². The van der Waals surface area contributed by atoms with Gasteiger partial charge in [-0.15, -0.1) is 0 Å². The van der Waals surface area contributed by atoms with Gasteiger partial charge in [0.15, 0.2) is 5.78 Å². The lowest BCUT2D eigenvalue weighted by molar-refractivity contribution is -0.143. The number of alkyl halides is 2. The number of allylic oxidation sites excluding steroid dienone is 2. The molecule has 2 aliphatic rings. The van der Waals surface area contributed by atoms with E-state index in [1.807, 2.05) is 13.8 Å². The largest absolute Gasteiger partial charge is 0.468 e. The van der Waals surface area contributed by atoms with Gasteiger partial charge in [-0.05, 0) is 36.5 Å². The predicted octanol–water partition coefficient (Wildman–Crippen LogP) is 4.28. The molecule has 1 aromatic rings. The number of ketones is 1. The maximum atomic E-state index is 13.0. The average molecular weight is 391 g/mol. The molecule has 2 atom stereocenters. The van der Waals surface area contributed by atoms with Crippen LogP contribution >= 0.6 is 0 Å². The number of carbonyl (C=O) groups excluding carboxylic acids is 2. The molecule has 0 saturated carbocycles. The number of hydrogen-bond donors (Lipinski definition) is 0. The van der Waals surface area contributed by atoms with Crippen LogP contribution in [0.15, 0.2) is 40.5 Å². The van der Waals surface area contributed by atoms with E-state index in [4.69, 9.17) is 4.74 Å². The van der Waals surface area contributed by atoms with Crippen LogP contribution in [0.2, 0.25) is 0 Å². The predicted molar refractivity (Wildman–Crippen MR) is 99.5 cm³/mol. The van der Waals surface area contributed by atoms with Gasteiger partial charge in [-0.2, -0.15) is 8.78 Å². The Morgan fingerprint density at radius 2 is 1.86 bits per heavy atom. The first kappa shape index (κ1) is 20.2. The van der Waals surface area contributed by atoms with Crippen LogP contribution in [0, 0.1) is 11.3 Å². The molecule has 1 aliphatic carbocycles. The first-order chi connectivity index (χ1) is 13.1. The second-order valence-corrected chi connectivity index (χ2v) is 7.98. The number of nitrogens with zero attached hydrogens (tertiary/aromatic N) is 1. The van der Waals surface area contributed by atoms with Gasteiger partial charge in [0.2, 0.25) is 0 Å². The van der Waals surface area contributed by atoms with E-state index < -0.39 is 24.4 Å². The summed E-state index contributed by atoms with van der Waals surface area (Å²) < 4.78 is 34.2. The smallest absolute Gasteiger partial charge is 0.387 e. The highest BCUT2D eigenvalue weighted by Gasteiger charge is 2.45. The van der Waals surface area contributed by atoms with Crippen molar-refractivity contribution in [1.29, 1.82) is 0 Å². The zero-order chi connectivity index (χ0) is 20.6. The fourth-order valence-corrected chi connectivity index (χ4v) is 4.09. The second kappa shape index (κ2) is 7.45. The summed E-state index contributed by atoms with van der Waals surface area (Å²) in [6.07, 6.45) is 0.986. The van der Waals surface area contributed by atoms with Gasteiger partial charge < -0.3 is 9.47 Å². The second-order valence-electron chi connectivity index (χ2n) is 7.98. The zero-order valence-corrected chi connectivity index (χ0v) is 16.3. The van der Waals surface area contributed by atoms with Crippen LogP contribution < -0.4 is 4.74 Å². The molecule has 1 unspecified atom stereocenters. The van der Waals surface area contributed by atoms with Crippen molar-refractivity contribution in [2.45, 2.75) is 46.1 Å². The Bertz CT molecular complexity index is 856. The number of rotatable bonds is 4. The van der Waals surface area contributed by atoms with Crippen LogP contribution in [0.5, 0.6) is 5.75 Å². The highest BCUT2D eigenvalue weighted by molar-refractivity contribution is 6.09. The topological polar surface area (TPSA) is 65.0 Å². The van der Waals surface area contributed by atoms with Crippen molar-refractivity contribution in [3.63, 3.8) is 0 Å². The average Bonchev–Trinajstić information content (AvgIpc) is 2.59. The third-order valence-electron chi connectivity index (χ3n) is 5.22. The maximum absolute atomic E-state index is 13.0. The van der Waals surface area contributed by atoms with Gasteiger partial charge in [0.05, 0.1) is 7.11 Å². The number of hydrogen-bond acceptors (Lipinski definition) is 5. The molecule has 28 heavy (non-hydrogen) atoms. The van der Waals surface area contributed by atoms with Gasteiger partial charge in [0.25, 0.3) is 0 Å². The number of esters is 1.